The third kappa shape index (κ3) is 3.98. The van der Waals surface area contributed by atoms with Gasteiger partial charge in [-0.2, -0.15) is 0 Å². The minimum absolute atomic E-state index is 0.0475. The molecular weight excluding hydrogens is 278 g/mol. The van der Waals surface area contributed by atoms with Gasteiger partial charge in [-0.25, -0.2) is 0 Å². The van der Waals surface area contributed by atoms with Crippen molar-refractivity contribution in [2.75, 3.05) is 26.4 Å². The van der Waals surface area contributed by atoms with Gasteiger partial charge >= 0.3 is 0 Å². The Kier molecular flexibility index (Phi) is 4.91. The van der Waals surface area contributed by atoms with Crippen molar-refractivity contribution in [1.82, 2.24) is 5.32 Å². The molecule has 2 aromatic carbocycles. The lowest BCUT2D eigenvalue weighted by atomic mass is 10.0. The predicted octanol–water partition coefficient (Wildman–Crippen LogP) is 2.76. The van der Waals surface area contributed by atoms with E-state index in [1.54, 1.807) is 0 Å². The van der Waals surface area contributed by atoms with Crippen molar-refractivity contribution in [2.24, 2.45) is 5.92 Å². The molecule has 1 amide bonds. The van der Waals surface area contributed by atoms with Gasteiger partial charge in [-0.3, -0.25) is 4.79 Å². The van der Waals surface area contributed by atoms with Crippen LogP contribution in [-0.2, 0) is 9.53 Å². The molecule has 4 nitrogen and oxygen atoms in total. The lowest BCUT2D eigenvalue weighted by Crippen LogP contribution is -2.35. The molecule has 0 unspecified atom stereocenters. The summed E-state index contributed by atoms with van der Waals surface area (Å²) in [7, 11) is 0. The van der Waals surface area contributed by atoms with Gasteiger partial charge in [-0.15, -0.1) is 0 Å². The predicted molar refractivity (Wildman–Crippen MR) is 86.0 cm³/mol. The number of rotatable bonds is 5. The van der Waals surface area contributed by atoms with Crippen LogP contribution in [0.3, 0.4) is 0 Å². The molecule has 1 aliphatic heterocycles. The summed E-state index contributed by atoms with van der Waals surface area (Å²) in [4.78, 5) is 11.8. The van der Waals surface area contributed by atoms with Crippen LogP contribution in [-0.4, -0.2) is 32.3 Å². The van der Waals surface area contributed by atoms with Crippen LogP contribution in [0.4, 0.5) is 0 Å². The first kappa shape index (κ1) is 14.9. The molecule has 0 aliphatic carbocycles. The van der Waals surface area contributed by atoms with Gasteiger partial charge in [0.15, 0.2) is 6.61 Å². The minimum atomic E-state index is -0.0845. The van der Waals surface area contributed by atoms with Crippen molar-refractivity contribution in [3.63, 3.8) is 0 Å². The van der Waals surface area contributed by atoms with E-state index < -0.39 is 0 Å². The molecule has 1 atom stereocenters. The molecule has 2 aromatic rings. The summed E-state index contributed by atoms with van der Waals surface area (Å²) in [6, 6.07) is 13.9. The fraction of sp³-hybridized carbons (Fsp3) is 0.389. The van der Waals surface area contributed by atoms with E-state index in [-0.39, 0.29) is 12.5 Å². The van der Waals surface area contributed by atoms with Gasteiger partial charge in [0, 0.05) is 13.2 Å². The topological polar surface area (TPSA) is 47.6 Å². The van der Waals surface area contributed by atoms with Gasteiger partial charge < -0.3 is 14.8 Å². The third-order valence-corrected chi connectivity index (χ3v) is 3.93. The minimum Gasteiger partial charge on any atom is -0.484 e. The van der Waals surface area contributed by atoms with Crippen LogP contribution in [0, 0.1) is 5.92 Å². The smallest absolute Gasteiger partial charge is 0.257 e. The fourth-order valence-electron chi connectivity index (χ4n) is 2.68. The highest BCUT2D eigenvalue weighted by Gasteiger charge is 2.14. The van der Waals surface area contributed by atoms with Gasteiger partial charge in [0.25, 0.3) is 5.91 Å². The number of fused-ring (bicyclic) bond motifs is 1. The molecule has 1 heterocycles. The molecule has 4 heteroatoms. The number of amides is 1. The third-order valence-electron chi connectivity index (χ3n) is 3.93. The Morgan fingerprint density at radius 3 is 2.91 bits per heavy atom. The van der Waals surface area contributed by atoms with E-state index in [4.69, 9.17) is 9.47 Å². The molecular formula is C18H21NO3. The zero-order chi connectivity index (χ0) is 15.2. The number of carbonyl (C=O) groups excluding carboxylic acids is 1. The Hall–Kier alpha value is -2.07. The monoisotopic (exact) mass is 299 g/mol. The molecule has 1 aliphatic rings. The Morgan fingerprint density at radius 1 is 1.23 bits per heavy atom. The SMILES string of the molecule is O=C(COc1ccc2ccccc2c1)NC[C@H]1CCCOC1. The van der Waals surface area contributed by atoms with Crippen molar-refractivity contribution in [3.8, 4) is 5.75 Å². The normalized spacial score (nSPS) is 18.1. The van der Waals surface area contributed by atoms with Crippen LogP contribution >= 0.6 is 0 Å². The van der Waals surface area contributed by atoms with Crippen molar-refractivity contribution in [2.45, 2.75) is 12.8 Å². The summed E-state index contributed by atoms with van der Waals surface area (Å²) in [5, 5.41) is 5.19. The fourth-order valence-corrected chi connectivity index (χ4v) is 2.68. The second kappa shape index (κ2) is 7.27. The lowest BCUT2D eigenvalue weighted by molar-refractivity contribution is -0.123. The van der Waals surface area contributed by atoms with Gasteiger partial charge in [-0.1, -0.05) is 30.3 Å². The first-order valence-electron chi connectivity index (χ1n) is 7.77. The molecule has 1 fully saturated rings. The molecule has 116 valence electrons. The Balaban J connectivity index is 1.47. The number of hydrogen-bond acceptors (Lipinski definition) is 3. The highest BCUT2D eigenvalue weighted by atomic mass is 16.5. The van der Waals surface area contributed by atoms with Crippen molar-refractivity contribution in [3.05, 3.63) is 42.5 Å². The highest BCUT2D eigenvalue weighted by molar-refractivity contribution is 5.84. The van der Waals surface area contributed by atoms with Gasteiger partial charge in [0.1, 0.15) is 5.75 Å². The maximum Gasteiger partial charge on any atom is 0.257 e. The Bertz CT molecular complexity index is 635. The molecule has 3 rings (SSSR count). The molecule has 22 heavy (non-hydrogen) atoms. The Morgan fingerprint density at radius 2 is 2.09 bits per heavy atom. The van der Waals surface area contributed by atoms with Crippen molar-refractivity contribution >= 4 is 16.7 Å². The average molecular weight is 299 g/mol. The van der Waals surface area contributed by atoms with Crippen LogP contribution in [0.5, 0.6) is 5.75 Å². The van der Waals surface area contributed by atoms with E-state index >= 15 is 0 Å². The second-order valence-electron chi connectivity index (χ2n) is 5.68. The van der Waals surface area contributed by atoms with E-state index in [1.165, 1.54) is 0 Å². The molecule has 1 saturated heterocycles. The van der Waals surface area contributed by atoms with Crippen LogP contribution in [0.1, 0.15) is 12.8 Å². The van der Waals surface area contributed by atoms with Crippen molar-refractivity contribution < 1.29 is 14.3 Å². The summed E-state index contributed by atoms with van der Waals surface area (Å²) < 4.78 is 11.0. The molecule has 0 aromatic heterocycles. The molecule has 0 radical (unpaired) electrons. The summed E-state index contributed by atoms with van der Waals surface area (Å²) in [5.74, 6) is 1.06. The number of ether oxygens (including phenoxy) is 2. The number of carbonyl (C=O) groups is 1. The summed E-state index contributed by atoms with van der Waals surface area (Å²) in [6.07, 6.45) is 2.19. The number of benzene rings is 2. The van der Waals surface area contributed by atoms with E-state index in [2.05, 4.69) is 11.4 Å². The first-order valence-corrected chi connectivity index (χ1v) is 7.77. The van der Waals surface area contributed by atoms with E-state index in [1.807, 2.05) is 36.4 Å². The standard InChI is InChI=1S/C18H21NO3/c20-18(19-11-14-4-3-9-21-12-14)13-22-17-8-7-15-5-1-2-6-16(15)10-17/h1-2,5-8,10,14H,3-4,9,11-13H2,(H,19,20)/t14-/m1/s1. The molecule has 0 spiro atoms. The quantitative estimate of drug-likeness (QED) is 0.923. The maximum absolute atomic E-state index is 11.8. The zero-order valence-electron chi connectivity index (χ0n) is 12.6. The molecule has 0 saturated carbocycles. The van der Waals surface area contributed by atoms with E-state index in [0.29, 0.717) is 12.5 Å². The van der Waals surface area contributed by atoms with Gasteiger partial charge in [0.2, 0.25) is 0 Å². The largest absolute Gasteiger partial charge is 0.484 e. The number of hydrogen-bond donors (Lipinski definition) is 1. The highest BCUT2D eigenvalue weighted by Crippen LogP contribution is 2.20. The zero-order valence-corrected chi connectivity index (χ0v) is 12.6. The van der Waals surface area contributed by atoms with Crippen LogP contribution < -0.4 is 10.1 Å². The van der Waals surface area contributed by atoms with Crippen molar-refractivity contribution in [1.29, 1.82) is 0 Å². The second-order valence-corrected chi connectivity index (χ2v) is 5.68. The molecule has 0 bridgehead atoms. The molecule has 1 N–H and O–H groups in total. The van der Waals surface area contributed by atoms with Crippen LogP contribution in [0.2, 0.25) is 0 Å². The number of nitrogens with one attached hydrogen (secondary N) is 1. The first-order chi connectivity index (χ1) is 10.8. The maximum atomic E-state index is 11.8. The summed E-state index contributed by atoms with van der Waals surface area (Å²) in [6.45, 7) is 2.30. The van der Waals surface area contributed by atoms with Crippen LogP contribution in [0.25, 0.3) is 10.8 Å². The summed E-state index contributed by atoms with van der Waals surface area (Å²) >= 11 is 0. The average Bonchev–Trinajstić information content (AvgIpc) is 2.59. The van der Waals surface area contributed by atoms with Crippen LogP contribution in [0.15, 0.2) is 42.5 Å². The van der Waals surface area contributed by atoms with Gasteiger partial charge in [-0.05, 0) is 41.7 Å². The lowest BCUT2D eigenvalue weighted by Gasteiger charge is -2.22. The summed E-state index contributed by atoms with van der Waals surface area (Å²) in [5.41, 5.74) is 0. The Labute approximate surface area is 130 Å². The van der Waals surface area contributed by atoms with Gasteiger partial charge in [0.05, 0.1) is 6.61 Å². The van der Waals surface area contributed by atoms with E-state index in [9.17, 15) is 4.79 Å². The van der Waals surface area contributed by atoms with E-state index in [0.717, 1.165) is 42.6 Å².